The first-order chi connectivity index (χ1) is 8.93. The summed E-state index contributed by atoms with van der Waals surface area (Å²) in [6.07, 6.45) is 4.61. The normalized spacial score (nSPS) is 29.5. The summed E-state index contributed by atoms with van der Waals surface area (Å²) in [4.78, 5) is 2.59. The highest BCUT2D eigenvalue weighted by atomic mass is 15.2. The van der Waals surface area contributed by atoms with Crippen molar-refractivity contribution >= 4 is 0 Å². The Morgan fingerprint density at radius 3 is 2.74 bits per heavy atom. The Kier molecular flexibility index (Phi) is 6.29. The second-order valence-corrected chi connectivity index (χ2v) is 6.52. The maximum atomic E-state index is 9.45. The SMILES string of the molecule is CCCNC(C)(C#N)CC(C)N1CCCC(C)C1C. The third kappa shape index (κ3) is 4.47. The second kappa shape index (κ2) is 7.26. The molecule has 1 fully saturated rings. The molecule has 1 aliphatic rings. The highest BCUT2D eigenvalue weighted by Gasteiger charge is 2.33. The summed E-state index contributed by atoms with van der Waals surface area (Å²) in [6, 6.07) is 3.57. The van der Waals surface area contributed by atoms with E-state index in [9.17, 15) is 5.26 Å². The fraction of sp³-hybridized carbons (Fsp3) is 0.938. The van der Waals surface area contributed by atoms with Gasteiger partial charge in [-0.25, -0.2) is 0 Å². The Balaban J connectivity index is 2.61. The molecule has 1 aliphatic heterocycles. The molecule has 110 valence electrons. The smallest absolute Gasteiger partial charge is 0.105 e. The van der Waals surface area contributed by atoms with Crippen LogP contribution in [0.5, 0.6) is 0 Å². The number of nitrogens with zero attached hydrogens (tertiary/aromatic N) is 2. The summed E-state index contributed by atoms with van der Waals surface area (Å²) < 4.78 is 0. The zero-order valence-electron chi connectivity index (χ0n) is 13.4. The van der Waals surface area contributed by atoms with Crippen molar-refractivity contribution in [3.05, 3.63) is 0 Å². The fourth-order valence-electron chi connectivity index (χ4n) is 3.26. The van der Waals surface area contributed by atoms with Crippen LogP contribution in [0.25, 0.3) is 0 Å². The lowest BCUT2D eigenvalue weighted by Crippen LogP contribution is -2.52. The lowest BCUT2D eigenvalue weighted by atomic mass is 9.87. The molecule has 3 nitrogen and oxygen atoms in total. The largest absolute Gasteiger partial charge is 0.300 e. The number of nitrogens with one attached hydrogen (secondary N) is 1. The molecule has 1 heterocycles. The molecular weight excluding hydrogens is 234 g/mol. The average Bonchev–Trinajstić information content (AvgIpc) is 2.39. The van der Waals surface area contributed by atoms with Gasteiger partial charge in [0.2, 0.25) is 0 Å². The van der Waals surface area contributed by atoms with E-state index in [1.165, 1.54) is 19.4 Å². The first-order valence-corrected chi connectivity index (χ1v) is 7.85. The van der Waals surface area contributed by atoms with E-state index in [2.05, 4.69) is 44.0 Å². The number of likely N-dealkylation sites (tertiary alicyclic amines) is 1. The highest BCUT2D eigenvalue weighted by molar-refractivity contribution is 5.05. The van der Waals surface area contributed by atoms with Gasteiger partial charge in [0.25, 0.3) is 0 Å². The Labute approximate surface area is 119 Å². The first kappa shape index (κ1) is 16.5. The van der Waals surface area contributed by atoms with Crippen LogP contribution in [0.4, 0.5) is 0 Å². The van der Waals surface area contributed by atoms with Gasteiger partial charge in [-0.3, -0.25) is 10.2 Å². The Bertz CT molecular complexity index is 310. The van der Waals surface area contributed by atoms with Crippen LogP contribution in [0.15, 0.2) is 0 Å². The fourth-order valence-corrected chi connectivity index (χ4v) is 3.26. The van der Waals surface area contributed by atoms with Gasteiger partial charge in [-0.15, -0.1) is 0 Å². The molecule has 0 aromatic carbocycles. The summed E-state index contributed by atoms with van der Waals surface area (Å²) in [7, 11) is 0. The monoisotopic (exact) mass is 265 g/mol. The van der Waals surface area contributed by atoms with Crippen LogP contribution < -0.4 is 5.32 Å². The van der Waals surface area contributed by atoms with Crippen molar-refractivity contribution in [3.63, 3.8) is 0 Å². The van der Waals surface area contributed by atoms with Crippen LogP contribution in [0, 0.1) is 17.2 Å². The van der Waals surface area contributed by atoms with Gasteiger partial charge >= 0.3 is 0 Å². The predicted octanol–water partition coefficient (Wildman–Crippen LogP) is 3.17. The number of rotatable bonds is 6. The molecular formula is C16H31N3. The van der Waals surface area contributed by atoms with Gasteiger partial charge in [-0.1, -0.05) is 13.8 Å². The van der Waals surface area contributed by atoms with Crippen molar-refractivity contribution < 1.29 is 0 Å². The molecule has 0 aromatic heterocycles. The van der Waals surface area contributed by atoms with Gasteiger partial charge in [-0.05, 0) is 65.5 Å². The number of nitriles is 1. The third-order valence-electron chi connectivity index (χ3n) is 4.70. The van der Waals surface area contributed by atoms with E-state index in [1.807, 2.05) is 6.92 Å². The zero-order valence-corrected chi connectivity index (χ0v) is 13.4. The minimum Gasteiger partial charge on any atom is -0.300 e. The Morgan fingerprint density at radius 2 is 2.16 bits per heavy atom. The maximum Gasteiger partial charge on any atom is 0.105 e. The van der Waals surface area contributed by atoms with Gasteiger partial charge < -0.3 is 0 Å². The zero-order chi connectivity index (χ0) is 14.5. The summed E-state index contributed by atoms with van der Waals surface area (Å²) in [5.41, 5.74) is -0.393. The van der Waals surface area contributed by atoms with Crippen molar-refractivity contribution in [1.82, 2.24) is 10.2 Å². The van der Waals surface area contributed by atoms with E-state index >= 15 is 0 Å². The molecule has 0 radical (unpaired) electrons. The molecule has 0 amide bonds. The summed E-state index contributed by atoms with van der Waals surface area (Å²) in [5, 5.41) is 12.8. The quantitative estimate of drug-likeness (QED) is 0.802. The van der Waals surface area contributed by atoms with E-state index in [-0.39, 0.29) is 0 Å². The van der Waals surface area contributed by atoms with Crippen LogP contribution in [0.1, 0.15) is 60.3 Å². The molecule has 0 saturated carbocycles. The Morgan fingerprint density at radius 1 is 1.47 bits per heavy atom. The van der Waals surface area contributed by atoms with Crippen LogP contribution in [-0.2, 0) is 0 Å². The highest BCUT2D eigenvalue weighted by Crippen LogP contribution is 2.27. The first-order valence-electron chi connectivity index (χ1n) is 7.85. The van der Waals surface area contributed by atoms with Crippen molar-refractivity contribution in [2.75, 3.05) is 13.1 Å². The lowest BCUT2D eigenvalue weighted by Gasteiger charge is -2.43. The summed E-state index contributed by atoms with van der Waals surface area (Å²) >= 11 is 0. The van der Waals surface area contributed by atoms with Crippen LogP contribution in [0.3, 0.4) is 0 Å². The molecule has 1 rings (SSSR count). The maximum absolute atomic E-state index is 9.45. The molecule has 4 unspecified atom stereocenters. The topological polar surface area (TPSA) is 39.1 Å². The lowest BCUT2D eigenvalue weighted by molar-refractivity contribution is 0.0633. The van der Waals surface area contributed by atoms with Crippen LogP contribution >= 0.6 is 0 Å². The minimum absolute atomic E-state index is 0.393. The van der Waals surface area contributed by atoms with E-state index in [0.717, 1.165) is 25.3 Å². The average molecular weight is 265 g/mol. The summed E-state index contributed by atoms with van der Waals surface area (Å²) in [6.45, 7) is 13.2. The standard InChI is InChI=1S/C16H31N3/c1-6-9-18-16(5,12-17)11-14(3)19-10-7-8-13(2)15(19)4/h13-15,18H,6-11H2,1-5H3. The second-order valence-electron chi connectivity index (χ2n) is 6.52. The van der Waals surface area contributed by atoms with E-state index < -0.39 is 5.54 Å². The van der Waals surface area contributed by atoms with Gasteiger partial charge in [0.05, 0.1) is 6.07 Å². The molecule has 3 heteroatoms. The predicted molar refractivity (Wildman–Crippen MR) is 81.0 cm³/mol. The van der Waals surface area contributed by atoms with Gasteiger partial charge in [0.15, 0.2) is 0 Å². The molecule has 0 bridgehead atoms. The number of hydrogen-bond acceptors (Lipinski definition) is 3. The summed E-state index contributed by atoms with van der Waals surface area (Å²) in [5.74, 6) is 0.771. The van der Waals surface area contributed by atoms with Gasteiger partial charge in [0, 0.05) is 12.1 Å². The van der Waals surface area contributed by atoms with E-state index in [1.54, 1.807) is 0 Å². The third-order valence-corrected chi connectivity index (χ3v) is 4.70. The van der Waals surface area contributed by atoms with Crippen molar-refractivity contribution in [1.29, 1.82) is 5.26 Å². The molecule has 0 aliphatic carbocycles. The van der Waals surface area contributed by atoms with E-state index in [4.69, 9.17) is 0 Å². The van der Waals surface area contributed by atoms with Crippen LogP contribution in [-0.4, -0.2) is 35.6 Å². The Hall–Kier alpha value is -0.590. The molecule has 4 atom stereocenters. The molecule has 19 heavy (non-hydrogen) atoms. The molecule has 1 saturated heterocycles. The number of piperidine rings is 1. The van der Waals surface area contributed by atoms with E-state index in [0.29, 0.717) is 12.1 Å². The van der Waals surface area contributed by atoms with Crippen LogP contribution in [0.2, 0.25) is 0 Å². The molecule has 1 N–H and O–H groups in total. The number of hydrogen-bond donors (Lipinski definition) is 1. The molecule has 0 aromatic rings. The van der Waals surface area contributed by atoms with Crippen molar-refractivity contribution in [3.8, 4) is 6.07 Å². The van der Waals surface area contributed by atoms with Gasteiger partial charge in [-0.2, -0.15) is 5.26 Å². The molecule has 0 spiro atoms. The minimum atomic E-state index is -0.393. The van der Waals surface area contributed by atoms with Gasteiger partial charge in [0.1, 0.15) is 5.54 Å². The van der Waals surface area contributed by atoms with Crippen molar-refractivity contribution in [2.24, 2.45) is 5.92 Å². The van der Waals surface area contributed by atoms with Crippen molar-refractivity contribution in [2.45, 2.75) is 77.9 Å².